The van der Waals surface area contributed by atoms with E-state index in [4.69, 9.17) is 0 Å². The zero-order valence-corrected chi connectivity index (χ0v) is 11.5. The van der Waals surface area contributed by atoms with Crippen LogP contribution in [0, 0.1) is 5.82 Å². The van der Waals surface area contributed by atoms with Crippen molar-refractivity contribution < 1.29 is 22.7 Å². The summed E-state index contributed by atoms with van der Waals surface area (Å²) < 4.78 is 50.9. The van der Waals surface area contributed by atoms with Crippen molar-refractivity contribution in [3.8, 4) is 0 Å². The van der Waals surface area contributed by atoms with Gasteiger partial charge in [0, 0.05) is 0 Å². The molecule has 0 saturated carbocycles. The molecule has 0 saturated heterocycles. The van der Waals surface area contributed by atoms with E-state index in [9.17, 15) is 22.7 Å². The van der Waals surface area contributed by atoms with Crippen LogP contribution >= 0.6 is 15.9 Å². The minimum Gasteiger partial charge on any atom is -0.384 e. The van der Waals surface area contributed by atoms with Crippen LogP contribution in [0.5, 0.6) is 0 Å². The van der Waals surface area contributed by atoms with Gasteiger partial charge in [0.25, 0.3) is 0 Å². The number of halogens is 5. The maximum absolute atomic E-state index is 13.4. The second-order valence-electron chi connectivity index (χ2n) is 4.20. The van der Waals surface area contributed by atoms with Crippen LogP contribution in [-0.2, 0) is 6.18 Å². The van der Waals surface area contributed by atoms with E-state index in [2.05, 4.69) is 15.9 Å². The summed E-state index contributed by atoms with van der Waals surface area (Å²) in [7, 11) is 0. The van der Waals surface area contributed by atoms with Crippen LogP contribution in [0.25, 0.3) is 0 Å². The summed E-state index contributed by atoms with van der Waals surface area (Å²) in [5.74, 6) is -0.548. The lowest BCUT2D eigenvalue weighted by atomic mass is 10.0. The van der Waals surface area contributed by atoms with Crippen molar-refractivity contribution >= 4 is 15.9 Å². The van der Waals surface area contributed by atoms with Gasteiger partial charge in [-0.2, -0.15) is 13.2 Å². The minimum absolute atomic E-state index is 0.251. The molecule has 0 fully saturated rings. The van der Waals surface area contributed by atoms with E-state index in [1.165, 1.54) is 24.3 Å². The Morgan fingerprint density at radius 2 is 1.50 bits per heavy atom. The fourth-order valence-electron chi connectivity index (χ4n) is 1.73. The van der Waals surface area contributed by atoms with Gasteiger partial charge in [-0.05, 0) is 51.3 Å². The predicted molar refractivity (Wildman–Crippen MR) is 69.6 cm³/mol. The first-order valence-corrected chi connectivity index (χ1v) is 6.38. The quantitative estimate of drug-likeness (QED) is 0.780. The molecule has 0 heterocycles. The Bertz CT molecular complexity index is 608. The Labute approximate surface area is 121 Å². The molecule has 1 nitrogen and oxygen atoms in total. The van der Waals surface area contributed by atoms with Crippen LogP contribution in [0.4, 0.5) is 17.6 Å². The van der Waals surface area contributed by atoms with E-state index in [0.29, 0.717) is 0 Å². The predicted octanol–water partition coefficient (Wildman–Crippen LogP) is 4.69. The molecule has 6 heteroatoms. The van der Waals surface area contributed by atoms with Gasteiger partial charge >= 0.3 is 6.18 Å². The molecule has 2 aromatic carbocycles. The third-order valence-corrected chi connectivity index (χ3v) is 3.46. The highest BCUT2D eigenvalue weighted by atomic mass is 79.9. The highest BCUT2D eigenvalue weighted by Gasteiger charge is 2.30. The molecule has 0 aliphatic rings. The first-order chi connectivity index (χ1) is 9.29. The number of hydrogen-bond acceptors (Lipinski definition) is 1. The van der Waals surface area contributed by atoms with Crippen molar-refractivity contribution in [2.45, 2.75) is 12.3 Å². The molecule has 0 aromatic heterocycles. The maximum atomic E-state index is 13.4. The van der Waals surface area contributed by atoms with Crippen molar-refractivity contribution in [2.24, 2.45) is 0 Å². The number of alkyl halides is 3. The van der Waals surface area contributed by atoms with Crippen molar-refractivity contribution in [3.05, 3.63) is 69.4 Å². The summed E-state index contributed by atoms with van der Waals surface area (Å²) in [5.41, 5.74) is -0.263. The summed E-state index contributed by atoms with van der Waals surface area (Å²) in [4.78, 5) is 0. The number of aliphatic hydroxyl groups is 1. The zero-order valence-electron chi connectivity index (χ0n) is 9.96. The van der Waals surface area contributed by atoms with Crippen LogP contribution in [0.2, 0.25) is 0 Å². The highest BCUT2D eigenvalue weighted by Crippen LogP contribution is 2.31. The van der Waals surface area contributed by atoms with E-state index >= 15 is 0 Å². The second kappa shape index (κ2) is 5.54. The largest absolute Gasteiger partial charge is 0.416 e. The van der Waals surface area contributed by atoms with E-state index in [0.717, 1.165) is 18.2 Å². The molecule has 1 atom stereocenters. The molecule has 1 N–H and O–H groups in total. The fourth-order valence-corrected chi connectivity index (χ4v) is 1.98. The summed E-state index contributed by atoms with van der Waals surface area (Å²) in [6.45, 7) is 0. The first-order valence-electron chi connectivity index (χ1n) is 5.59. The monoisotopic (exact) mass is 348 g/mol. The van der Waals surface area contributed by atoms with Gasteiger partial charge in [0.2, 0.25) is 0 Å². The van der Waals surface area contributed by atoms with Gasteiger partial charge < -0.3 is 5.11 Å². The number of rotatable bonds is 2. The average molecular weight is 349 g/mol. The van der Waals surface area contributed by atoms with Gasteiger partial charge in [-0.25, -0.2) is 4.39 Å². The van der Waals surface area contributed by atoms with Crippen molar-refractivity contribution in [3.63, 3.8) is 0 Å². The standard InChI is InChI=1S/C14H9BrF4O/c15-11-6-3-9(7-12(11)16)13(20)8-1-4-10(5-2-8)14(17,18)19/h1-7,13,20H. The molecular formula is C14H9BrF4O. The fraction of sp³-hybridized carbons (Fsp3) is 0.143. The maximum Gasteiger partial charge on any atom is 0.416 e. The summed E-state index contributed by atoms with van der Waals surface area (Å²) in [6.07, 6.45) is -5.60. The molecule has 20 heavy (non-hydrogen) atoms. The molecule has 0 aliphatic heterocycles. The SMILES string of the molecule is OC(c1ccc(C(F)(F)F)cc1)c1ccc(Br)c(F)c1. The first kappa shape index (κ1) is 15.0. The topological polar surface area (TPSA) is 20.2 Å². The normalized spacial score (nSPS) is 13.3. The zero-order chi connectivity index (χ0) is 14.9. The van der Waals surface area contributed by atoms with Gasteiger partial charge in [0.15, 0.2) is 0 Å². The van der Waals surface area contributed by atoms with Crippen LogP contribution < -0.4 is 0 Å². The molecule has 0 aliphatic carbocycles. The summed E-state index contributed by atoms with van der Waals surface area (Å²) in [5, 5.41) is 10.0. The molecule has 0 bridgehead atoms. The van der Waals surface area contributed by atoms with Crippen LogP contribution in [0.3, 0.4) is 0 Å². The lowest BCUT2D eigenvalue weighted by Crippen LogP contribution is -2.06. The van der Waals surface area contributed by atoms with Gasteiger partial charge in [0.1, 0.15) is 11.9 Å². The van der Waals surface area contributed by atoms with Gasteiger partial charge in [-0.1, -0.05) is 18.2 Å². The van der Waals surface area contributed by atoms with E-state index < -0.39 is 23.7 Å². The van der Waals surface area contributed by atoms with E-state index in [1.54, 1.807) is 0 Å². The van der Waals surface area contributed by atoms with Gasteiger partial charge in [-0.15, -0.1) is 0 Å². The molecule has 2 rings (SSSR count). The Hall–Kier alpha value is -1.40. The molecular weight excluding hydrogens is 340 g/mol. The summed E-state index contributed by atoms with van der Waals surface area (Å²) >= 11 is 2.98. The number of hydrogen-bond donors (Lipinski definition) is 1. The third-order valence-electron chi connectivity index (χ3n) is 2.81. The van der Waals surface area contributed by atoms with Crippen molar-refractivity contribution in [1.82, 2.24) is 0 Å². The van der Waals surface area contributed by atoms with Gasteiger partial charge in [-0.3, -0.25) is 0 Å². The van der Waals surface area contributed by atoms with Crippen molar-refractivity contribution in [1.29, 1.82) is 0 Å². The molecule has 0 radical (unpaired) electrons. The summed E-state index contributed by atoms with van der Waals surface area (Å²) in [6, 6.07) is 8.17. The molecule has 1 unspecified atom stereocenters. The minimum atomic E-state index is -4.42. The highest BCUT2D eigenvalue weighted by molar-refractivity contribution is 9.10. The molecule has 0 amide bonds. The smallest absolute Gasteiger partial charge is 0.384 e. The van der Waals surface area contributed by atoms with Gasteiger partial charge in [0.05, 0.1) is 10.0 Å². The molecule has 106 valence electrons. The molecule has 2 aromatic rings. The Balaban J connectivity index is 2.29. The lowest BCUT2D eigenvalue weighted by molar-refractivity contribution is -0.137. The van der Waals surface area contributed by atoms with E-state index in [-0.39, 0.29) is 15.6 Å². The number of aliphatic hydroxyl groups excluding tert-OH is 1. The Kier molecular flexibility index (Phi) is 4.15. The van der Waals surface area contributed by atoms with Crippen LogP contribution in [0.1, 0.15) is 22.8 Å². The van der Waals surface area contributed by atoms with E-state index in [1.807, 2.05) is 0 Å². The average Bonchev–Trinajstić information content (AvgIpc) is 2.40. The van der Waals surface area contributed by atoms with Crippen LogP contribution in [-0.4, -0.2) is 5.11 Å². The molecule has 0 spiro atoms. The Morgan fingerprint density at radius 1 is 0.950 bits per heavy atom. The van der Waals surface area contributed by atoms with Crippen LogP contribution in [0.15, 0.2) is 46.9 Å². The lowest BCUT2D eigenvalue weighted by Gasteiger charge is -2.13. The third kappa shape index (κ3) is 3.19. The van der Waals surface area contributed by atoms with Crippen molar-refractivity contribution in [2.75, 3.05) is 0 Å². The second-order valence-corrected chi connectivity index (χ2v) is 5.05. The Morgan fingerprint density at radius 3 is 2.00 bits per heavy atom. The number of benzene rings is 2.